The number of carbonyl (C=O) groups excluding carboxylic acids is 5. The highest BCUT2D eigenvalue weighted by atomic mass is 35.5. The Morgan fingerprint density at radius 3 is 2.16 bits per heavy atom. The number of ether oxygens (including phenoxy) is 1. The molecule has 0 aromatic heterocycles. The SMILES string of the molecule is CC1(C)[C@H](Oc2ccc(C#N)c(Cl)c2)C(C)(C)[C@H]1N1Cc2cc(N3CCN(C4CC5(CCN(c6ccc7c(c6)C(=O)N(C6CCC(=O)NC6=O)C7=O)C5)C4)CC3)ccc2C1=O. The van der Waals surface area contributed by atoms with E-state index in [1.807, 2.05) is 17.0 Å². The van der Waals surface area contributed by atoms with Crippen molar-refractivity contribution in [1.29, 1.82) is 5.26 Å². The molecule has 3 aromatic carbocycles. The number of imide groups is 2. The molecule has 3 saturated heterocycles. The highest BCUT2D eigenvalue weighted by Gasteiger charge is 2.67. The van der Waals surface area contributed by atoms with Crippen LogP contribution in [0, 0.1) is 27.6 Å². The minimum absolute atomic E-state index is 0.0374. The maximum Gasteiger partial charge on any atom is 0.262 e. The number of halogens is 1. The van der Waals surface area contributed by atoms with E-state index >= 15 is 0 Å². The number of benzene rings is 3. The molecule has 13 nitrogen and oxygen atoms in total. The highest BCUT2D eigenvalue weighted by molar-refractivity contribution is 6.31. The van der Waals surface area contributed by atoms with Gasteiger partial charge in [-0.3, -0.25) is 39.1 Å². The summed E-state index contributed by atoms with van der Waals surface area (Å²) in [6, 6.07) is 18.5. The fourth-order valence-electron chi connectivity index (χ4n) is 12.4. The Hall–Kier alpha value is -5.45. The maximum absolute atomic E-state index is 14.0. The molecule has 1 N–H and O–H groups in total. The summed E-state index contributed by atoms with van der Waals surface area (Å²) in [6.07, 6.45) is 3.41. The van der Waals surface area contributed by atoms with E-state index in [1.165, 1.54) is 0 Å². The molecule has 14 heteroatoms. The zero-order valence-electron chi connectivity index (χ0n) is 35.0. The monoisotopic (exact) mass is 843 g/mol. The summed E-state index contributed by atoms with van der Waals surface area (Å²) >= 11 is 6.32. The van der Waals surface area contributed by atoms with Crippen molar-refractivity contribution in [3.63, 3.8) is 0 Å². The molecule has 1 unspecified atom stereocenters. The average molecular weight is 844 g/mol. The van der Waals surface area contributed by atoms with Crippen molar-refractivity contribution < 1.29 is 28.7 Å². The first kappa shape index (κ1) is 39.7. The molecule has 1 atom stereocenters. The van der Waals surface area contributed by atoms with E-state index in [0.29, 0.717) is 40.0 Å². The predicted octanol–water partition coefficient (Wildman–Crippen LogP) is 5.63. The summed E-state index contributed by atoms with van der Waals surface area (Å²) in [5, 5.41) is 11.9. The topological polar surface area (TPSA) is 147 Å². The quantitative estimate of drug-likeness (QED) is 0.297. The molecule has 1 spiro atoms. The zero-order valence-corrected chi connectivity index (χ0v) is 35.8. The first-order valence-electron chi connectivity index (χ1n) is 21.5. The van der Waals surface area contributed by atoms with Gasteiger partial charge in [-0.25, -0.2) is 0 Å². The number of rotatable bonds is 7. The number of nitrogens with one attached hydrogen (secondary N) is 1. The average Bonchev–Trinajstić information content (AvgIpc) is 3.88. The Balaban J connectivity index is 0.730. The molecular formula is C47H50ClN7O6. The Morgan fingerprint density at radius 1 is 0.787 bits per heavy atom. The third kappa shape index (κ3) is 6.23. The van der Waals surface area contributed by atoms with E-state index in [0.717, 1.165) is 85.9 Å². The van der Waals surface area contributed by atoms with Gasteiger partial charge < -0.3 is 19.4 Å². The second-order valence-corrected chi connectivity index (χ2v) is 19.9. The number of piperidine rings is 1. The molecule has 316 valence electrons. The molecule has 5 aliphatic heterocycles. The Kier molecular flexibility index (Phi) is 9.13. The van der Waals surface area contributed by atoms with Gasteiger partial charge in [0, 0.05) is 98.2 Å². The summed E-state index contributed by atoms with van der Waals surface area (Å²) in [5.74, 6) is -1.26. The second kappa shape index (κ2) is 14.0. The molecule has 61 heavy (non-hydrogen) atoms. The van der Waals surface area contributed by atoms with Gasteiger partial charge in [0.05, 0.1) is 21.7 Å². The zero-order chi connectivity index (χ0) is 42.7. The molecule has 2 aliphatic carbocycles. The minimum Gasteiger partial charge on any atom is -0.489 e. The Morgan fingerprint density at radius 2 is 1.48 bits per heavy atom. The standard InChI is InChI=1S/C47H50ClN7O6/c1-45(2)43(46(3,4)44(45)61-32-8-5-27(24-49)36(48)21-32)54-25-28-19-29(6-9-33(28)40(54)58)51-15-17-52(18-16-51)31-22-47(23-31)13-14-53(26-47)30-7-10-34-35(20-30)42(60)55(41(34)59)37-11-12-38(56)50-39(37)57/h5-10,19-21,31,37,43-44H,11-18,22-23,25-26H2,1-4H3,(H,50,56,57)/t31?,37?,43-,44-,47?. The molecule has 10 rings (SSSR count). The van der Waals surface area contributed by atoms with Crippen LogP contribution in [0.3, 0.4) is 0 Å². The van der Waals surface area contributed by atoms with Crippen molar-refractivity contribution in [3.05, 3.63) is 87.4 Å². The number of fused-ring (bicyclic) bond motifs is 2. The van der Waals surface area contributed by atoms with E-state index < -0.39 is 23.8 Å². The first-order valence-corrected chi connectivity index (χ1v) is 21.9. The molecular weight excluding hydrogens is 794 g/mol. The van der Waals surface area contributed by atoms with Gasteiger partial charge in [0.15, 0.2) is 0 Å². The van der Waals surface area contributed by atoms with E-state index in [1.54, 1.807) is 30.3 Å². The second-order valence-electron chi connectivity index (χ2n) is 19.5. The number of piperazine rings is 1. The van der Waals surface area contributed by atoms with Gasteiger partial charge in [-0.1, -0.05) is 39.3 Å². The molecule has 5 fully saturated rings. The molecule has 3 aromatic rings. The van der Waals surface area contributed by atoms with E-state index in [-0.39, 0.29) is 53.0 Å². The fraction of sp³-hybridized carbons (Fsp3) is 0.489. The number of carbonyl (C=O) groups is 5. The van der Waals surface area contributed by atoms with Crippen LogP contribution in [-0.2, 0) is 16.1 Å². The Labute approximate surface area is 360 Å². The van der Waals surface area contributed by atoms with Crippen LogP contribution in [-0.4, -0.2) is 108 Å². The molecule has 5 heterocycles. The smallest absolute Gasteiger partial charge is 0.262 e. The van der Waals surface area contributed by atoms with Gasteiger partial charge in [-0.2, -0.15) is 5.26 Å². The van der Waals surface area contributed by atoms with Crippen molar-refractivity contribution in [1.82, 2.24) is 20.0 Å². The lowest BCUT2D eigenvalue weighted by atomic mass is 9.49. The van der Waals surface area contributed by atoms with Gasteiger partial charge >= 0.3 is 0 Å². The van der Waals surface area contributed by atoms with Gasteiger partial charge in [0.1, 0.15) is 24.0 Å². The van der Waals surface area contributed by atoms with Crippen molar-refractivity contribution in [2.45, 2.75) is 90.6 Å². The largest absolute Gasteiger partial charge is 0.489 e. The van der Waals surface area contributed by atoms with Crippen LogP contribution in [0.1, 0.15) is 102 Å². The van der Waals surface area contributed by atoms with Crippen molar-refractivity contribution in [3.8, 4) is 11.8 Å². The van der Waals surface area contributed by atoms with Gasteiger partial charge in [0.25, 0.3) is 17.7 Å². The lowest BCUT2D eigenvalue weighted by Crippen LogP contribution is -2.74. The number of anilines is 2. The van der Waals surface area contributed by atoms with Crippen LogP contribution in [0.25, 0.3) is 0 Å². The van der Waals surface area contributed by atoms with Crippen LogP contribution in [0.5, 0.6) is 5.75 Å². The number of hydrogen-bond donors (Lipinski definition) is 1. The summed E-state index contributed by atoms with van der Waals surface area (Å²) in [4.78, 5) is 75.3. The highest BCUT2D eigenvalue weighted by Crippen LogP contribution is 2.59. The number of nitriles is 1. The van der Waals surface area contributed by atoms with Gasteiger partial charge in [0.2, 0.25) is 11.8 Å². The predicted molar refractivity (Wildman–Crippen MR) is 227 cm³/mol. The van der Waals surface area contributed by atoms with Crippen LogP contribution in [0.2, 0.25) is 5.02 Å². The normalized spacial score (nSPS) is 26.6. The van der Waals surface area contributed by atoms with Crippen molar-refractivity contribution in [2.24, 2.45) is 16.2 Å². The maximum atomic E-state index is 14.0. The van der Waals surface area contributed by atoms with Crippen molar-refractivity contribution in [2.75, 3.05) is 49.1 Å². The van der Waals surface area contributed by atoms with E-state index in [2.05, 4.69) is 65.9 Å². The lowest BCUT2D eigenvalue weighted by Gasteiger charge is -2.65. The first-order chi connectivity index (χ1) is 29.1. The summed E-state index contributed by atoms with van der Waals surface area (Å²) in [6.45, 7) is 14.8. The molecule has 0 bridgehead atoms. The summed E-state index contributed by atoms with van der Waals surface area (Å²) in [5.41, 5.74) is 4.52. The number of hydrogen-bond acceptors (Lipinski definition) is 10. The molecule has 0 radical (unpaired) electrons. The fourth-order valence-corrected chi connectivity index (χ4v) is 12.6. The number of amides is 5. The van der Waals surface area contributed by atoms with Crippen molar-refractivity contribution >= 4 is 52.5 Å². The van der Waals surface area contributed by atoms with Crippen LogP contribution >= 0.6 is 11.6 Å². The van der Waals surface area contributed by atoms with E-state index in [4.69, 9.17) is 16.3 Å². The molecule has 2 saturated carbocycles. The van der Waals surface area contributed by atoms with Crippen LogP contribution in [0.4, 0.5) is 11.4 Å². The minimum atomic E-state index is -0.972. The third-order valence-corrected chi connectivity index (χ3v) is 15.4. The van der Waals surface area contributed by atoms with Gasteiger partial charge in [-0.05, 0) is 85.2 Å². The van der Waals surface area contributed by atoms with E-state index in [9.17, 15) is 29.2 Å². The lowest BCUT2D eigenvalue weighted by molar-refractivity contribution is -0.199. The van der Waals surface area contributed by atoms with Gasteiger partial charge in [-0.15, -0.1) is 0 Å². The van der Waals surface area contributed by atoms with Crippen LogP contribution < -0.4 is 19.9 Å². The summed E-state index contributed by atoms with van der Waals surface area (Å²) in [7, 11) is 0. The summed E-state index contributed by atoms with van der Waals surface area (Å²) < 4.78 is 6.51. The van der Waals surface area contributed by atoms with Crippen LogP contribution in [0.15, 0.2) is 54.6 Å². The molecule has 5 amide bonds. The third-order valence-electron chi connectivity index (χ3n) is 15.1. The number of nitrogens with zero attached hydrogens (tertiary/aromatic N) is 6. The Bertz CT molecular complexity index is 2450. The molecule has 7 aliphatic rings.